The van der Waals surface area contributed by atoms with Gasteiger partial charge in [0.2, 0.25) is 5.91 Å². The number of piperazine rings is 1. The van der Waals surface area contributed by atoms with Crippen LogP contribution in [0.1, 0.15) is 34.3 Å². The van der Waals surface area contributed by atoms with Crippen molar-refractivity contribution in [2.75, 3.05) is 37.6 Å². The largest absolute Gasteiger partial charge is 0.368 e. The number of hydrogen-bond acceptors (Lipinski definition) is 3. The lowest BCUT2D eigenvalue weighted by Crippen LogP contribution is -2.48. The molecule has 0 aliphatic carbocycles. The Kier molecular flexibility index (Phi) is 5.33. The fourth-order valence-corrected chi connectivity index (χ4v) is 4.02. The SMILES string of the molecule is Cc1cccc(N2CCN(C(=O)c3ccc(CN4CCCC4=O)cc3)CC2)c1. The summed E-state index contributed by atoms with van der Waals surface area (Å²) in [5, 5.41) is 0. The molecule has 2 aliphatic rings. The zero-order chi connectivity index (χ0) is 19.5. The van der Waals surface area contributed by atoms with Crippen LogP contribution in [0.3, 0.4) is 0 Å². The summed E-state index contributed by atoms with van der Waals surface area (Å²) in [4.78, 5) is 30.8. The highest BCUT2D eigenvalue weighted by Gasteiger charge is 2.23. The summed E-state index contributed by atoms with van der Waals surface area (Å²) < 4.78 is 0. The summed E-state index contributed by atoms with van der Waals surface area (Å²) in [6, 6.07) is 16.3. The van der Waals surface area contributed by atoms with Crippen molar-refractivity contribution in [1.82, 2.24) is 9.80 Å². The van der Waals surface area contributed by atoms with E-state index >= 15 is 0 Å². The average molecular weight is 377 g/mol. The van der Waals surface area contributed by atoms with Crippen LogP contribution in [0.2, 0.25) is 0 Å². The summed E-state index contributed by atoms with van der Waals surface area (Å²) in [7, 11) is 0. The maximum atomic E-state index is 12.8. The van der Waals surface area contributed by atoms with Gasteiger partial charge in [0.1, 0.15) is 0 Å². The van der Waals surface area contributed by atoms with Gasteiger partial charge in [-0.1, -0.05) is 24.3 Å². The molecule has 2 heterocycles. The third kappa shape index (κ3) is 4.03. The highest BCUT2D eigenvalue weighted by molar-refractivity contribution is 5.94. The Labute approximate surface area is 166 Å². The van der Waals surface area contributed by atoms with E-state index in [2.05, 4.69) is 36.1 Å². The topological polar surface area (TPSA) is 43.9 Å². The van der Waals surface area contributed by atoms with E-state index in [0.717, 1.165) is 50.3 Å². The molecule has 0 saturated carbocycles. The standard InChI is InChI=1S/C23H27N3O2/c1-18-4-2-5-21(16-18)24-12-14-25(15-13-24)23(28)20-9-7-19(8-10-20)17-26-11-3-6-22(26)27/h2,4-5,7-10,16H,3,6,11-15,17H2,1H3. The number of nitrogens with zero attached hydrogens (tertiary/aromatic N) is 3. The molecule has 2 amide bonds. The van der Waals surface area contributed by atoms with E-state index < -0.39 is 0 Å². The average Bonchev–Trinajstić information content (AvgIpc) is 3.13. The predicted octanol–water partition coefficient (Wildman–Crippen LogP) is 3.08. The second-order valence-electron chi connectivity index (χ2n) is 7.73. The fraction of sp³-hybridized carbons (Fsp3) is 0.391. The predicted molar refractivity (Wildman–Crippen MR) is 110 cm³/mol. The van der Waals surface area contributed by atoms with Gasteiger partial charge in [-0.2, -0.15) is 0 Å². The number of rotatable bonds is 4. The summed E-state index contributed by atoms with van der Waals surface area (Å²) >= 11 is 0. The summed E-state index contributed by atoms with van der Waals surface area (Å²) in [6.07, 6.45) is 1.61. The number of amides is 2. The maximum Gasteiger partial charge on any atom is 0.253 e. The number of anilines is 1. The van der Waals surface area contributed by atoms with Gasteiger partial charge in [0, 0.05) is 56.9 Å². The first-order valence-corrected chi connectivity index (χ1v) is 10.1. The third-order valence-electron chi connectivity index (χ3n) is 5.68. The smallest absolute Gasteiger partial charge is 0.253 e. The Balaban J connectivity index is 1.34. The molecule has 0 N–H and O–H groups in total. The minimum atomic E-state index is 0.0905. The van der Waals surface area contributed by atoms with Gasteiger partial charge in [-0.25, -0.2) is 0 Å². The first-order valence-electron chi connectivity index (χ1n) is 10.1. The van der Waals surface area contributed by atoms with E-state index in [1.54, 1.807) is 0 Å². The van der Waals surface area contributed by atoms with E-state index in [1.807, 2.05) is 34.1 Å². The van der Waals surface area contributed by atoms with Crippen molar-refractivity contribution < 1.29 is 9.59 Å². The molecule has 0 spiro atoms. The molecule has 2 saturated heterocycles. The number of aryl methyl sites for hydroxylation is 1. The van der Waals surface area contributed by atoms with Crippen LogP contribution in [0.25, 0.3) is 0 Å². The molecule has 0 atom stereocenters. The van der Waals surface area contributed by atoms with Crippen LogP contribution in [0.15, 0.2) is 48.5 Å². The molecule has 4 rings (SSSR count). The summed E-state index contributed by atoms with van der Waals surface area (Å²) in [6.45, 7) is 6.75. The molecule has 5 nitrogen and oxygen atoms in total. The van der Waals surface area contributed by atoms with Gasteiger partial charge in [-0.05, 0) is 48.7 Å². The second kappa shape index (κ2) is 8.05. The summed E-state index contributed by atoms with van der Waals surface area (Å²) in [5.41, 5.74) is 4.29. The van der Waals surface area contributed by atoms with Crippen molar-refractivity contribution in [3.05, 3.63) is 65.2 Å². The Morgan fingerprint density at radius 1 is 0.964 bits per heavy atom. The first-order chi connectivity index (χ1) is 13.6. The van der Waals surface area contributed by atoms with Crippen molar-refractivity contribution in [2.24, 2.45) is 0 Å². The molecular weight excluding hydrogens is 350 g/mol. The molecule has 2 aliphatic heterocycles. The number of likely N-dealkylation sites (tertiary alicyclic amines) is 1. The van der Waals surface area contributed by atoms with E-state index in [4.69, 9.17) is 0 Å². The Morgan fingerprint density at radius 3 is 2.36 bits per heavy atom. The molecule has 5 heteroatoms. The number of hydrogen-bond donors (Lipinski definition) is 0. The van der Waals surface area contributed by atoms with Crippen LogP contribution in [0, 0.1) is 6.92 Å². The summed E-state index contributed by atoms with van der Waals surface area (Å²) in [5.74, 6) is 0.319. The highest BCUT2D eigenvalue weighted by Crippen LogP contribution is 2.19. The molecule has 0 bridgehead atoms. The lowest BCUT2D eigenvalue weighted by atomic mass is 10.1. The zero-order valence-corrected chi connectivity index (χ0v) is 16.4. The van der Waals surface area contributed by atoms with Gasteiger partial charge >= 0.3 is 0 Å². The highest BCUT2D eigenvalue weighted by atomic mass is 16.2. The quantitative estimate of drug-likeness (QED) is 0.822. The van der Waals surface area contributed by atoms with Crippen molar-refractivity contribution in [1.29, 1.82) is 0 Å². The number of benzene rings is 2. The Bertz CT molecular complexity index is 854. The van der Waals surface area contributed by atoms with Crippen LogP contribution >= 0.6 is 0 Å². The molecular formula is C23H27N3O2. The minimum Gasteiger partial charge on any atom is -0.368 e. The first kappa shape index (κ1) is 18.5. The fourth-order valence-electron chi connectivity index (χ4n) is 4.02. The molecule has 28 heavy (non-hydrogen) atoms. The second-order valence-corrected chi connectivity index (χ2v) is 7.73. The lowest BCUT2D eigenvalue weighted by molar-refractivity contribution is -0.128. The lowest BCUT2D eigenvalue weighted by Gasteiger charge is -2.36. The molecule has 0 aromatic heterocycles. The van der Waals surface area contributed by atoms with Crippen molar-refractivity contribution in [3.63, 3.8) is 0 Å². The van der Waals surface area contributed by atoms with E-state index in [9.17, 15) is 9.59 Å². The number of carbonyl (C=O) groups is 2. The molecule has 2 aromatic rings. The third-order valence-corrected chi connectivity index (χ3v) is 5.68. The van der Waals surface area contributed by atoms with Crippen molar-refractivity contribution in [2.45, 2.75) is 26.3 Å². The molecule has 146 valence electrons. The Hall–Kier alpha value is -2.82. The minimum absolute atomic E-state index is 0.0905. The molecule has 2 fully saturated rings. The van der Waals surface area contributed by atoms with Crippen LogP contribution < -0.4 is 4.90 Å². The normalized spacial score (nSPS) is 17.3. The van der Waals surface area contributed by atoms with Crippen molar-refractivity contribution in [3.8, 4) is 0 Å². The molecule has 0 unspecified atom stereocenters. The molecule has 2 aromatic carbocycles. The van der Waals surface area contributed by atoms with Gasteiger partial charge in [0.15, 0.2) is 0 Å². The maximum absolute atomic E-state index is 12.8. The van der Waals surface area contributed by atoms with E-state index in [-0.39, 0.29) is 11.8 Å². The van der Waals surface area contributed by atoms with Crippen LogP contribution in [-0.2, 0) is 11.3 Å². The van der Waals surface area contributed by atoms with Crippen LogP contribution in [0.4, 0.5) is 5.69 Å². The van der Waals surface area contributed by atoms with Gasteiger partial charge < -0.3 is 14.7 Å². The van der Waals surface area contributed by atoms with Gasteiger partial charge in [0.25, 0.3) is 5.91 Å². The van der Waals surface area contributed by atoms with E-state index in [0.29, 0.717) is 13.0 Å². The van der Waals surface area contributed by atoms with Crippen LogP contribution in [0.5, 0.6) is 0 Å². The van der Waals surface area contributed by atoms with Crippen LogP contribution in [-0.4, -0.2) is 54.3 Å². The van der Waals surface area contributed by atoms with Gasteiger partial charge in [-0.3, -0.25) is 9.59 Å². The van der Waals surface area contributed by atoms with E-state index in [1.165, 1.54) is 11.3 Å². The van der Waals surface area contributed by atoms with Gasteiger partial charge in [0.05, 0.1) is 0 Å². The van der Waals surface area contributed by atoms with Gasteiger partial charge in [-0.15, -0.1) is 0 Å². The molecule has 0 radical (unpaired) electrons. The van der Waals surface area contributed by atoms with Crippen molar-refractivity contribution >= 4 is 17.5 Å². The number of carbonyl (C=O) groups excluding carboxylic acids is 2. The monoisotopic (exact) mass is 377 g/mol. The zero-order valence-electron chi connectivity index (χ0n) is 16.4. The Morgan fingerprint density at radius 2 is 1.71 bits per heavy atom.